The first-order valence-corrected chi connectivity index (χ1v) is 8.87. The fraction of sp³-hybridized carbons (Fsp3) is 0.278. The Morgan fingerprint density at radius 1 is 1.26 bits per heavy atom. The second kappa shape index (κ2) is 7.42. The fourth-order valence-corrected chi connectivity index (χ4v) is 3.16. The van der Waals surface area contributed by atoms with Crippen molar-refractivity contribution in [2.24, 2.45) is 0 Å². The monoisotopic (exact) mass is 387 g/mol. The zero-order valence-corrected chi connectivity index (χ0v) is 15.4. The second-order valence-electron chi connectivity index (χ2n) is 5.99. The molecule has 1 aliphatic rings. The molecule has 0 aliphatic carbocycles. The van der Waals surface area contributed by atoms with E-state index < -0.39 is 0 Å². The fourth-order valence-electron chi connectivity index (χ4n) is 2.97. The Morgan fingerprint density at radius 2 is 2.07 bits per heavy atom. The lowest BCUT2D eigenvalue weighted by Gasteiger charge is -2.28. The number of fused-ring (bicyclic) bond motifs is 1. The maximum Gasteiger partial charge on any atom is 0.258 e. The highest BCUT2D eigenvalue weighted by Gasteiger charge is 2.19. The van der Waals surface area contributed by atoms with Gasteiger partial charge in [0.25, 0.3) is 5.91 Å². The standard InChI is InChI=1S/C18H18ClN5O3/c1-26-14-5-6-15(23-7-9-27-10-8-23)24-16(14)20-18(22-24)21-17(25)12-3-2-4-13(19)11-12/h2-6,11H,7-10H2,1H3,(H,21,22,25). The summed E-state index contributed by atoms with van der Waals surface area (Å²) in [5.41, 5.74) is 0.963. The zero-order chi connectivity index (χ0) is 18.8. The Hall–Kier alpha value is -2.84. The van der Waals surface area contributed by atoms with Crippen molar-refractivity contribution in [3.63, 3.8) is 0 Å². The van der Waals surface area contributed by atoms with Crippen LogP contribution in [-0.2, 0) is 4.74 Å². The number of aromatic nitrogens is 3. The van der Waals surface area contributed by atoms with Gasteiger partial charge in [-0.25, -0.2) is 0 Å². The van der Waals surface area contributed by atoms with Gasteiger partial charge in [-0.05, 0) is 30.3 Å². The molecular weight excluding hydrogens is 370 g/mol. The number of nitrogens with one attached hydrogen (secondary N) is 1. The second-order valence-corrected chi connectivity index (χ2v) is 6.43. The SMILES string of the molecule is COc1ccc(N2CCOCC2)n2nc(NC(=O)c3cccc(Cl)c3)nc12. The Morgan fingerprint density at radius 3 is 2.81 bits per heavy atom. The summed E-state index contributed by atoms with van der Waals surface area (Å²) in [6.07, 6.45) is 0. The number of pyridine rings is 1. The number of morpholine rings is 1. The number of rotatable bonds is 4. The lowest BCUT2D eigenvalue weighted by Crippen LogP contribution is -2.37. The molecule has 8 nitrogen and oxygen atoms in total. The molecule has 3 heterocycles. The van der Waals surface area contributed by atoms with E-state index in [4.69, 9.17) is 21.1 Å². The van der Waals surface area contributed by atoms with Crippen LogP contribution in [0, 0.1) is 0 Å². The predicted molar refractivity (Wildman–Crippen MR) is 102 cm³/mol. The molecule has 0 spiro atoms. The minimum Gasteiger partial charge on any atom is -0.493 e. The molecular formula is C18H18ClN5O3. The first kappa shape index (κ1) is 17.6. The van der Waals surface area contributed by atoms with Crippen molar-refractivity contribution < 1.29 is 14.3 Å². The summed E-state index contributed by atoms with van der Waals surface area (Å²) in [4.78, 5) is 19.1. The molecule has 0 atom stereocenters. The third-order valence-corrected chi connectivity index (χ3v) is 4.53. The van der Waals surface area contributed by atoms with Crippen LogP contribution in [0.4, 0.5) is 11.8 Å². The molecule has 1 aromatic carbocycles. The van der Waals surface area contributed by atoms with E-state index >= 15 is 0 Å². The van der Waals surface area contributed by atoms with Crippen LogP contribution in [0.15, 0.2) is 36.4 Å². The van der Waals surface area contributed by atoms with Gasteiger partial charge in [0.2, 0.25) is 11.6 Å². The number of hydrogen-bond acceptors (Lipinski definition) is 6. The highest BCUT2D eigenvalue weighted by atomic mass is 35.5. The zero-order valence-electron chi connectivity index (χ0n) is 14.7. The summed E-state index contributed by atoms with van der Waals surface area (Å²) in [5, 5.41) is 7.67. The maximum atomic E-state index is 12.5. The molecule has 0 bridgehead atoms. The van der Waals surface area contributed by atoms with Gasteiger partial charge in [0.15, 0.2) is 5.75 Å². The van der Waals surface area contributed by atoms with E-state index in [1.807, 2.05) is 12.1 Å². The molecule has 0 unspecified atom stereocenters. The molecule has 9 heteroatoms. The molecule has 27 heavy (non-hydrogen) atoms. The molecule has 4 rings (SSSR count). The van der Waals surface area contributed by atoms with Crippen LogP contribution in [-0.4, -0.2) is 53.9 Å². The maximum absolute atomic E-state index is 12.5. The molecule has 1 N–H and O–H groups in total. The Bertz CT molecular complexity index is 984. The van der Waals surface area contributed by atoms with E-state index in [-0.39, 0.29) is 11.9 Å². The van der Waals surface area contributed by atoms with Crippen molar-refractivity contribution in [1.82, 2.24) is 14.6 Å². The minimum atomic E-state index is -0.333. The normalized spacial score (nSPS) is 14.4. The molecule has 1 aliphatic heterocycles. The number of nitrogens with zero attached hydrogens (tertiary/aromatic N) is 4. The van der Waals surface area contributed by atoms with Gasteiger partial charge in [-0.3, -0.25) is 10.1 Å². The summed E-state index contributed by atoms with van der Waals surface area (Å²) in [7, 11) is 1.57. The van der Waals surface area contributed by atoms with Crippen LogP contribution in [0.5, 0.6) is 5.75 Å². The average molecular weight is 388 g/mol. The van der Waals surface area contributed by atoms with Crippen LogP contribution in [0.2, 0.25) is 5.02 Å². The minimum absolute atomic E-state index is 0.194. The van der Waals surface area contributed by atoms with Gasteiger partial charge in [-0.15, -0.1) is 5.10 Å². The highest BCUT2D eigenvalue weighted by molar-refractivity contribution is 6.31. The number of carbonyl (C=O) groups is 1. The quantitative estimate of drug-likeness (QED) is 0.740. The number of halogens is 1. The van der Waals surface area contributed by atoms with E-state index in [1.54, 1.807) is 35.9 Å². The topological polar surface area (TPSA) is 81.0 Å². The van der Waals surface area contributed by atoms with E-state index in [1.165, 1.54) is 0 Å². The first-order valence-electron chi connectivity index (χ1n) is 8.49. The van der Waals surface area contributed by atoms with Crippen molar-refractivity contribution in [3.05, 3.63) is 47.0 Å². The smallest absolute Gasteiger partial charge is 0.258 e. The van der Waals surface area contributed by atoms with Gasteiger partial charge < -0.3 is 14.4 Å². The number of methoxy groups -OCH3 is 1. The van der Waals surface area contributed by atoms with Gasteiger partial charge >= 0.3 is 0 Å². The molecule has 1 saturated heterocycles. The summed E-state index contributed by atoms with van der Waals surface area (Å²) < 4.78 is 12.5. The molecule has 1 fully saturated rings. The summed E-state index contributed by atoms with van der Waals surface area (Å²) in [6, 6.07) is 10.5. The van der Waals surface area contributed by atoms with Crippen molar-refractivity contribution in [2.75, 3.05) is 43.6 Å². The number of carbonyl (C=O) groups excluding carboxylic acids is 1. The van der Waals surface area contributed by atoms with Crippen LogP contribution < -0.4 is 15.0 Å². The van der Waals surface area contributed by atoms with Crippen molar-refractivity contribution in [2.45, 2.75) is 0 Å². The van der Waals surface area contributed by atoms with Gasteiger partial charge in [0.05, 0.1) is 20.3 Å². The lowest BCUT2D eigenvalue weighted by atomic mass is 10.2. The van der Waals surface area contributed by atoms with Gasteiger partial charge in [0.1, 0.15) is 5.82 Å². The molecule has 1 amide bonds. The van der Waals surface area contributed by atoms with Gasteiger partial charge in [-0.1, -0.05) is 17.7 Å². The van der Waals surface area contributed by atoms with Gasteiger partial charge in [0, 0.05) is 23.7 Å². The number of benzene rings is 1. The average Bonchev–Trinajstić information content (AvgIpc) is 3.11. The van der Waals surface area contributed by atoms with E-state index in [2.05, 4.69) is 20.3 Å². The van der Waals surface area contributed by atoms with Gasteiger partial charge in [-0.2, -0.15) is 9.50 Å². The van der Waals surface area contributed by atoms with Crippen molar-refractivity contribution in [3.8, 4) is 5.75 Å². The van der Waals surface area contributed by atoms with Crippen LogP contribution in [0.1, 0.15) is 10.4 Å². The third-order valence-electron chi connectivity index (χ3n) is 4.30. The first-order chi connectivity index (χ1) is 13.2. The summed E-state index contributed by atoms with van der Waals surface area (Å²) in [6.45, 7) is 2.82. The number of amides is 1. The molecule has 140 valence electrons. The largest absolute Gasteiger partial charge is 0.493 e. The predicted octanol–water partition coefficient (Wildman–Crippen LogP) is 2.48. The van der Waals surface area contributed by atoms with Crippen LogP contribution >= 0.6 is 11.6 Å². The molecule has 0 saturated carbocycles. The lowest BCUT2D eigenvalue weighted by molar-refractivity contribution is 0.102. The van der Waals surface area contributed by atoms with Crippen molar-refractivity contribution >= 4 is 34.9 Å². The van der Waals surface area contributed by atoms with Crippen molar-refractivity contribution in [1.29, 1.82) is 0 Å². The molecule has 3 aromatic rings. The summed E-state index contributed by atoms with van der Waals surface area (Å²) in [5.74, 6) is 1.30. The molecule has 2 aromatic heterocycles. The molecule has 0 radical (unpaired) electrons. The van der Waals surface area contributed by atoms with E-state index in [9.17, 15) is 4.79 Å². The van der Waals surface area contributed by atoms with E-state index in [0.717, 1.165) is 18.9 Å². The Labute approximate surface area is 160 Å². The Kier molecular flexibility index (Phi) is 4.83. The number of hydrogen-bond donors (Lipinski definition) is 1. The number of anilines is 2. The summed E-state index contributed by atoms with van der Waals surface area (Å²) >= 11 is 5.95. The highest BCUT2D eigenvalue weighted by Crippen LogP contribution is 2.26. The van der Waals surface area contributed by atoms with E-state index in [0.29, 0.717) is 35.2 Å². The van der Waals surface area contributed by atoms with Crippen LogP contribution in [0.3, 0.4) is 0 Å². The number of ether oxygens (including phenoxy) is 2. The third kappa shape index (κ3) is 3.54. The van der Waals surface area contributed by atoms with Crippen LogP contribution in [0.25, 0.3) is 5.65 Å². The Balaban J connectivity index is 1.68.